The number of ketones is 1. The lowest BCUT2D eigenvalue weighted by Gasteiger charge is -2.28. The number of hydrogen-bond donors (Lipinski definition) is 0. The van der Waals surface area contributed by atoms with E-state index in [2.05, 4.69) is 0 Å². The van der Waals surface area contributed by atoms with Gasteiger partial charge in [-0.25, -0.2) is 0 Å². The first kappa shape index (κ1) is 19.0. The van der Waals surface area contributed by atoms with E-state index in [1.54, 1.807) is 0 Å². The van der Waals surface area contributed by atoms with Crippen LogP contribution in [0.1, 0.15) is 59.8 Å². The van der Waals surface area contributed by atoms with Crippen LogP contribution in [-0.4, -0.2) is 35.7 Å². The fourth-order valence-electron chi connectivity index (χ4n) is 2.01. The maximum atomic E-state index is 12.0. The van der Waals surface area contributed by atoms with Gasteiger partial charge in [0.1, 0.15) is 11.2 Å². The second-order valence-corrected chi connectivity index (χ2v) is 4.27. The zero-order chi connectivity index (χ0) is 12.6. The number of carbonyl (C=O) groups excluding carboxylic acids is 2. The summed E-state index contributed by atoms with van der Waals surface area (Å²) in [6.07, 6.45) is 3.62. The van der Waals surface area contributed by atoms with E-state index in [9.17, 15) is 9.59 Å². The molecule has 0 aromatic heterocycles. The van der Waals surface area contributed by atoms with Crippen LogP contribution >= 0.6 is 0 Å². The molecule has 0 rings (SSSR count). The normalized spacial score (nSPS) is 10.6. The van der Waals surface area contributed by atoms with Crippen molar-refractivity contribution in [2.24, 2.45) is 5.41 Å². The van der Waals surface area contributed by atoms with Crippen LogP contribution in [0, 0.1) is 5.41 Å². The number of hydrogen-bond acceptors (Lipinski definition) is 3. The highest BCUT2D eigenvalue weighted by molar-refractivity contribution is 6.02. The number of rotatable bonds is 8. The van der Waals surface area contributed by atoms with Crippen molar-refractivity contribution in [2.45, 2.75) is 59.8 Å². The number of carbonyl (C=O) groups is 2. The smallest absolute Gasteiger partial charge is 0.319 e. The SMILES string of the molecule is CCCOC(=O)C(CCC)(CCC)C(C)=O.[AlH3]. The van der Waals surface area contributed by atoms with Gasteiger partial charge in [0.15, 0.2) is 17.4 Å². The van der Waals surface area contributed by atoms with E-state index in [0.29, 0.717) is 19.4 Å². The van der Waals surface area contributed by atoms with E-state index in [1.165, 1.54) is 6.92 Å². The first-order valence-corrected chi connectivity index (χ1v) is 6.23. The lowest BCUT2D eigenvalue weighted by Crippen LogP contribution is -2.39. The molecule has 0 saturated heterocycles. The van der Waals surface area contributed by atoms with Gasteiger partial charge in [-0.3, -0.25) is 9.59 Å². The summed E-state index contributed by atoms with van der Waals surface area (Å²) < 4.78 is 5.16. The quantitative estimate of drug-likeness (QED) is 0.379. The van der Waals surface area contributed by atoms with Gasteiger partial charge in [0, 0.05) is 0 Å². The second-order valence-electron chi connectivity index (χ2n) is 4.27. The maximum Gasteiger partial charge on any atom is 0.319 e. The van der Waals surface area contributed by atoms with E-state index in [0.717, 1.165) is 19.3 Å². The van der Waals surface area contributed by atoms with Gasteiger partial charge in [0.2, 0.25) is 0 Å². The van der Waals surface area contributed by atoms with Gasteiger partial charge >= 0.3 is 5.97 Å². The van der Waals surface area contributed by atoms with Crippen molar-refractivity contribution < 1.29 is 14.3 Å². The van der Waals surface area contributed by atoms with Crippen LogP contribution in [0.5, 0.6) is 0 Å². The van der Waals surface area contributed by atoms with Crippen molar-refractivity contribution in [3.63, 3.8) is 0 Å². The average molecular weight is 258 g/mol. The molecule has 0 aromatic carbocycles. The Hall–Kier alpha value is -0.328. The molecule has 0 aliphatic heterocycles. The summed E-state index contributed by atoms with van der Waals surface area (Å²) in [5.41, 5.74) is -0.890. The van der Waals surface area contributed by atoms with Crippen molar-refractivity contribution in [1.29, 1.82) is 0 Å². The minimum Gasteiger partial charge on any atom is -0.465 e. The Morgan fingerprint density at radius 1 is 1.00 bits per heavy atom. The van der Waals surface area contributed by atoms with Crippen LogP contribution < -0.4 is 0 Å². The summed E-state index contributed by atoms with van der Waals surface area (Å²) in [6, 6.07) is 0. The van der Waals surface area contributed by atoms with E-state index >= 15 is 0 Å². The first-order valence-electron chi connectivity index (χ1n) is 6.23. The fourth-order valence-corrected chi connectivity index (χ4v) is 2.01. The molecule has 0 amide bonds. The van der Waals surface area contributed by atoms with Crippen LogP contribution in [0.2, 0.25) is 0 Å². The van der Waals surface area contributed by atoms with Gasteiger partial charge in [0.25, 0.3) is 0 Å². The van der Waals surface area contributed by atoms with Gasteiger partial charge in [-0.05, 0) is 26.2 Å². The second kappa shape index (κ2) is 9.68. The molecule has 3 nitrogen and oxygen atoms in total. The average Bonchev–Trinajstić information content (AvgIpc) is 2.24. The van der Waals surface area contributed by atoms with Crippen LogP contribution in [0.3, 0.4) is 0 Å². The molecule has 0 unspecified atom stereocenters. The highest BCUT2D eigenvalue weighted by Gasteiger charge is 2.42. The van der Waals surface area contributed by atoms with Crippen molar-refractivity contribution in [1.82, 2.24) is 0 Å². The minimum absolute atomic E-state index is 0. The molecule has 0 bridgehead atoms. The maximum absolute atomic E-state index is 12.0. The molecule has 0 atom stereocenters. The predicted molar refractivity (Wildman–Crippen MR) is 74.1 cm³/mol. The van der Waals surface area contributed by atoms with Crippen LogP contribution in [0.15, 0.2) is 0 Å². The zero-order valence-electron chi connectivity index (χ0n) is 11.0. The van der Waals surface area contributed by atoms with Gasteiger partial charge in [-0.2, -0.15) is 0 Å². The Kier molecular flexibility index (Phi) is 10.8. The zero-order valence-corrected chi connectivity index (χ0v) is 11.0. The third kappa shape index (κ3) is 5.23. The molecule has 0 aliphatic carbocycles. The summed E-state index contributed by atoms with van der Waals surface area (Å²) >= 11 is 0. The molecular formula is C13H27AlO3. The Labute approximate surface area is 115 Å². The topological polar surface area (TPSA) is 43.4 Å². The third-order valence-corrected chi connectivity index (χ3v) is 2.86. The van der Waals surface area contributed by atoms with Crippen molar-refractivity contribution in [3.8, 4) is 0 Å². The molecule has 0 aliphatic rings. The van der Waals surface area contributed by atoms with E-state index in [-0.39, 0.29) is 29.1 Å². The Morgan fingerprint density at radius 2 is 1.47 bits per heavy atom. The van der Waals surface area contributed by atoms with Gasteiger partial charge in [-0.15, -0.1) is 0 Å². The van der Waals surface area contributed by atoms with Crippen molar-refractivity contribution >= 4 is 29.1 Å². The standard InChI is InChI=1S/C13H24O3.Al.3H/c1-5-8-13(9-6-2,11(4)14)12(15)16-10-7-3;;;;/h5-10H2,1-4H3;;;;. The molecule has 0 saturated carbocycles. The van der Waals surface area contributed by atoms with Gasteiger partial charge < -0.3 is 4.74 Å². The number of esters is 1. The lowest BCUT2D eigenvalue weighted by molar-refractivity contribution is -0.161. The van der Waals surface area contributed by atoms with E-state index in [4.69, 9.17) is 4.74 Å². The summed E-state index contributed by atoms with van der Waals surface area (Å²) in [4.78, 5) is 23.8. The lowest BCUT2D eigenvalue weighted by atomic mass is 9.76. The predicted octanol–water partition coefficient (Wildman–Crippen LogP) is 1.93. The highest BCUT2D eigenvalue weighted by Crippen LogP contribution is 2.32. The fraction of sp³-hybridized carbons (Fsp3) is 0.846. The monoisotopic (exact) mass is 258 g/mol. The van der Waals surface area contributed by atoms with Crippen LogP contribution in [-0.2, 0) is 14.3 Å². The summed E-state index contributed by atoms with van der Waals surface area (Å²) in [7, 11) is 0. The number of ether oxygens (including phenoxy) is 1. The van der Waals surface area contributed by atoms with Gasteiger partial charge in [0.05, 0.1) is 6.61 Å². The minimum atomic E-state index is -0.890. The molecule has 0 heterocycles. The summed E-state index contributed by atoms with van der Waals surface area (Å²) in [5.74, 6) is -0.386. The molecule has 0 aromatic rings. The molecule has 100 valence electrons. The van der Waals surface area contributed by atoms with E-state index < -0.39 is 5.41 Å². The van der Waals surface area contributed by atoms with Crippen molar-refractivity contribution in [3.05, 3.63) is 0 Å². The largest absolute Gasteiger partial charge is 0.465 e. The highest BCUT2D eigenvalue weighted by atomic mass is 27.0. The molecular weight excluding hydrogens is 231 g/mol. The molecule has 0 fully saturated rings. The molecule has 0 spiro atoms. The molecule has 0 radical (unpaired) electrons. The molecule has 0 N–H and O–H groups in total. The first-order chi connectivity index (χ1) is 7.55. The van der Waals surface area contributed by atoms with Crippen LogP contribution in [0.4, 0.5) is 0 Å². The van der Waals surface area contributed by atoms with E-state index in [1.807, 2.05) is 20.8 Å². The Bertz CT molecular complexity index is 233. The Morgan fingerprint density at radius 3 is 1.76 bits per heavy atom. The van der Waals surface area contributed by atoms with Crippen LogP contribution in [0.25, 0.3) is 0 Å². The third-order valence-electron chi connectivity index (χ3n) is 2.86. The molecule has 4 heteroatoms. The number of Topliss-reactive ketones (excluding diaryl/α,β-unsaturated/α-hetero) is 1. The molecule has 17 heavy (non-hydrogen) atoms. The van der Waals surface area contributed by atoms with Gasteiger partial charge in [-0.1, -0.05) is 33.6 Å². The Balaban J connectivity index is 0. The van der Waals surface area contributed by atoms with Crippen molar-refractivity contribution in [2.75, 3.05) is 6.61 Å². The summed E-state index contributed by atoms with van der Waals surface area (Å²) in [5, 5.41) is 0. The summed E-state index contributed by atoms with van der Waals surface area (Å²) in [6.45, 7) is 7.82.